The molecule has 27 heavy (non-hydrogen) atoms. The van der Waals surface area contributed by atoms with E-state index in [9.17, 15) is 19.2 Å². The summed E-state index contributed by atoms with van der Waals surface area (Å²) in [4.78, 5) is 49.7. The molecule has 0 bridgehead atoms. The highest BCUT2D eigenvalue weighted by molar-refractivity contribution is 8.18. The van der Waals surface area contributed by atoms with Crippen molar-refractivity contribution in [3.05, 3.63) is 56.8 Å². The second-order valence-corrected chi connectivity index (χ2v) is 6.81. The van der Waals surface area contributed by atoms with Gasteiger partial charge in [0.2, 0.25) is 0 Å². The average Bonchev–Trinajstić information content (AvgIpc) is 3.04. The van der Waals surface area contributed by atoms with Crippen LogP contribution < -0.4 is 5.56 Å². The van der Waals surface area contributed by atoms with Crippen LogP contribution in [0.4, 0.5) is 4.79 Å². The van der Waals surface area contributed by atoms with Gasteiger partial charge in [-0.2, -0.15) is 0 Å². The molecule has 2 amide bonds. The summed E-state index contributed by atoms with van der Waals surface area (Å²) < 4.78 is 7.67. The van der Waals surface area contributed by atoms with E-state index in [4.69, 9.17) is 0 Å². The van der Waals surface area contributed by atoms with E-state index in [1.807, 2.05) is 18.2 Å². The fourth-order valence-electron chi connectivity index (χ4n) is 2.72. The van der Waals surface area contributed by atoms with Crippen LogP contribution in [-0.4, -0.2) is 45.0 Å². The van der Waals surface area contributed by atoms with Crippen molar-refractivity contribution in [1.29, 1.82) is 0 Å². The normalized spacial score (nSPS) is 15.7. The number of aromatic nitrogens is 2. The van der Waals surface area contributed by atoms with Gasteiger partial charge in [-0.15, -0.1) is 0 Å². The average molecular weight is 387 g/mol. The Morgan fingerprint density at radius 1 is 1.19 bits per heavy atom. The van der Waals surface area contributed by atoms with Gasteiger partial charge in [-0.3, -0.25) is 28.8 Å². The number of hydrogen-bond acceptors (Lipinski definition) is 6. The number of nitrogens with zero attached hydrogens (tertiary/aromatic N) is 3. The molecule has 1 fully saturated rings. The van der Waals surface area contributed by atoms with Crippen molar-refractivity contribution in [3.8, 4) is 5.69 Å². The maximum absolute atomic E-state index is 12.9. The second-order valence-electron chi connectivity index (χ2n) is 5.82. The van der Waals surface area contributed by atoms with E-state index in [0.717, 1.165) is 4.90 Å². The van der Waals surface area contributed by atoms with E-state index in [1.54, 1.807) is 30.8 Å². The number of hydrogen-bond donors (Lipinski definition) is 0. The van der Waals surface area contributed by atoms with E-state index in [-0.39, 0.29) is 10.5 Å². The van der Waals surface area contributed by atoms with E-state index < -0.39 is 23.7 Å². The molecule has 0 N–H and O–H groups in total. The second kappa shape index (κ2) is 7.28. The van der Waals surface area contributed by atoms with Crippen LogP contribution in [0.5, 0.6) is 0 Å². The molecule has 0 spiro atoms. The molecular formula is C18H17N3O5S. The molecule has 2 aromatic rings. The first-order valence-electron chi connectivity index (χ1n) is 8.01. The molecule has 0 aliphatic carbocycles. The van der Waals surface area contributed by atoms with E-state index in [1.165, 1.54) is 17.9 Å². The number of carbonyl (C=O) groups is 3. The molecule has 2 heterocycles. The van der Waals surface area contributed by atoms with Gasteiger partial charge in [-0.05, 0) is 36.9 Å². The fourth-order valence-corrected chi connectivity index (χ4v) is 3.54. The number of benzene rings is 1. The summed E-state index contributed by atoms with van der Waals surface area (Å²) in [6, 6.07) is 9.09. The summed E-state index contributed by atoms with van der Waals surface area (Å²) in [5.41, 5.74) is 1.33. The van der Waals surface area contributed by atoms with Gasteiger partial charge >= 0.3 is 5.97 Å². The lowest BCUT2D eigenvalue weighted by molar-refractivity contribution is -0.143. The third-order valence-electron chi connectivity index (χ3n) is 4.26. The Kier molecular flexibility index (Phi) is 5.04. The number of carbonyl (C=O) groups excluding carboxylic acids is 3. The standard InChI is InChI=1S/C18H17N3O5S/c1-11-13(16(23)21(19(11)2)12-7-5-4-6-8-12)9-14-17(24)20(18(25)27-14)10-15(22)26-3/h4-9H,10H2,1-3H3/b14-9-. The third-order valence-corrected chi connectivity index (χ3v) is 5.17. The summed E-state index contributed by atoms with van der Waals surface area (Å²) in [5, 5.41) is -0.575. The summed E-state index contributed by atoms with van der Waals surface area (Å²) in [7, 11) is 2.92. The molecule has 0 radical (unpaired) electrons. The third kappa shape index (κ3) is 3.33. The lowest BCUT2D eigenvalue weighted by Gasteiger charge is -2.09. The van der Waals surface area contributed by atoms with Crippen LogP contribution in [0.2, 0.25) is 0 Å². The molecule has 1 aromatic heterocycles. The first-order chi connectivity index (χ1) is 12.8. The van der Waals surface area contributed by atoms with Gasteiger partial charge < -0.3 is 4.74 Å². The van der Waals surface area contributed by atoms with Crippen molar-refractivity contribution < 1.29 is 19.1 Å². The molecule has 0 unspecified atom stereocenters. The zero-order valence-electron chi connectivity index (χ0n) is 15.0. The van der Waals surface area contributed by atoms with Gasteiger partial charge in [0.1, 0.15) is 6.54 Å². The number of para-hydroxylation sites is 1. The van der Waals surface area contributed by atoms with E-state index in [0.29, 0.717) is 28.7 Å². The van der Waals surface area contributed by atoms with Gasteiger partial charge in [0.15, 0.2) is 0 Å². The van der Waals surface area contributed by atoms with Crippen LogP contribution in [0, 0.1) is 6.92 Å². The van der Waals surface area contributed by atoms with Gasteiger partial charge in [0.05, 0.1) is 23.3 Å². The molecule has 0 saturated carbocycles. The van der Waals surface area contributed by atoms with Crippen molar-refractivity contribution in [2.24, 2.45) is 7.05 Å². The topological polar surface area (TPSA) is 90.6 Å². The predicted octanol–water partition coefficient (Wildman–Crippen LogP) is 1.69. The number of ether oxygens (including phenoxy) is 1. The molecular weight excluding hydrogens is 370 g/mol. The summed E-state index contributed by atoms with van der Waals surface area (Å²) >= 11 is 0.691. The van der Waals surface area contributed by atoms with Gasteiger partial charge in [-0.25, -0.2) is 4.68 Å². The zero-order chi connectivity index (χ0) is 19.7. The lowest BCUT2D eigenvalue weighted by atomic mass is 10.2. The van der Waals surface area contributed by atoms with Gasteiger partial charge in [0.25, 0.3) is 16.7 Å². The molecule has 1 aliphatic rings. The molecule has 140 valence electrons. The maximum atomic E-state index is 12.9. The number of methoxy groups -OCH3 is 1. The first kappa shape index (κ1) is 18.7. The van der Waals surface area contributed by atoms with Gasteiger partial charge in [-0.1, -0.05) is 18.2 Å². The number of esters is 1. The highest BCUT2D eigenvalue weighted by Gasteiger charge is 2.37. The summed E-state index contributed by atoms with van der Waals surface area (Å²) in [6.07, 6.45) is 1.40. The highest BCUT2D eigenvalue weighted by Crippen LogP contribution is 2.32. The van der Waals surface area contributed by atoms with E-state index in [2.05, 4.69) is 4.74 Å². The Hall–Kier alpha value is -3.07. The Morgan fingerprint density at radius 2 is 1.85 bits per heavy atom. The minimum atomic E-state index is -0.694. The largest absolute Gasteiger partial charge is 0.468 e. The molecule has 1 aliphatic heterocycles. The Balaban J connectivity index is 2.01. The summed E-state index contributed by atoms with van der Waals surface area (Å²) in [5.74, 6) is -1.31. The molecule has 3 rings (SSSR count). The van der Waals surface area contributed by atoms with Crippen molar-refractivity contribution in [2.45, 2.75) is 6.92 Å². The molecule has 1 aromatic carbocycles. The first-order valence-corrected chi connectivity index (χ1v) is 8.83. The van der Waals surface area contributed by atoms with Crippen LogP contribution in [0.1, 0.15) is 11.3 Å². The van der Waals surface area contributed by atoms with Crippen molar-refractivity contribution in [2.75, 3.05) is 13.7 Å². The van der Waals surface area contributed by atoms with Gasteiger partial charge in [0, 0.05) is 12.7 Å². The number of imide groups is 1. The Labute approximate surface area is 159 Å². The predicted molar refractivity (Wildman–Crippen MR) is 100 cm³/mol. The summed E-state index contributed by atoms with van der Waals surface area (Å²) in [6.45, 7) is 1.30. The zero-order valence-corrected chi connectivity index (χ0v) is 15.8. The number of amides is 2. The quantitative estimate of drug-likeness (QED) is 0.586. The minimum Gasteiger partial charge on any atom is -0.468 e. The highest BCUT2D eigenvalue weighted by atomic mass is 32.2. The van der Waals surface area contributed by atoms with Crippen LogP contribution in [0.25, 0.3) is 11.8 Å². The fraction of sp³-hybridized carbons (Fsp3) is 0.222. The van der Waals surface area contributed by atoms with Crippen LogP contribution >= 0.6 is 11.8 Å². The van der Waals surface area contributed by atoms with Crippen LogP contribution in [0.15, 0.2) is 40.0 Å². The van der Waals surface area contributed by atoms with Crippen LogP contribution in [-0.2, 0) is 21.4 Å². The molecule has 1 saturated heterocycles. The van der Waals surface area contributed by atoms with Crippen molar-refractivity contribution >= 4 is 35.0 Å². The minimum absolute atomic E-state index is 0.0925. The van der Waals surface area contributed by atoms with Crippen molar-refractivity contribution in [1.82, 2.24) is 14.3 Å². The monoisotopic (exact) mass is 387 g/mol. The van der Waals surface area contributed by atoms with Crippen LogP contribution in [0.3, 0.4) is 0 Å². The Morgan fingerprint density at radius 3 is 2.48 bits per heavy atom. The maximum Gasteiger partial charge on any atom is 0.325 e. The van der Waals surface area contributed by atoms with E-state index >= 15 is 0 Å². The SMILES string of the molecule is COC(=O)CN1C(=O)S/C(=C\c2c(C)n(C)n(-c3ccccc3)c2=O)C1=O. The lowest BCUT2D eigenvalue weighted by Crippen LogP contribution is -2.34. The number of thioether (sulfide) groups is 1. The number of rotatable bonds is 4. The smallest absolute Gasteiger partial charge is 0.325 e. The molecule has 9 heteroatoms. The Bertz CT molecular complexity index is 1020. The van der Waals surface area contributed by atoms with Crippen molar-refractivity contribution in [3.63, 3.8) is 0 Å². The molecule has 8 nitrogen and oxygen atoms in total. The molecule has 0 atom stereocenters.